The molecule has 0 aliphatic carbocycles. The van der Waals surface area contributed by atoms with E-state index in [2.05, 4.69) is 98.5 Å². The van der Waals surface area contributed by atoms with Gasteiger partial charge in [-0.2, -0.15) is 0 Å². The number of aryl methyl sites for hydroxylation is 6. The molecule has 0 saturated carbocycles. The van der Waals surface area contributed by atoms with Crippen molar-refractivity contribution in [3.63, 3.8) is 0 Å². The van der Waals surface area contributed by atoms with Crippen LogP contribution in [-0.2, 0) is 61.8 Å². The maximum absolute atomic E-state index is 4.62. The van der Waals surface area contributed by atoms with Gasteiger partial charge in [-0.1, -0.05) is 71.9 Å². The third kappa shape index (κ3) is 12.6. The smallest absolute Gasteiger partial charge is 1.00 e. The van der Waals surface area contributed by atoms with E-state index < -0.39 is 0 Å². The molecule has 0 aliphatic rings. The molecule has 4 nitrogen and oxygen atoms in total. The molecule has 43 heavy (non-hydrogen) atoms. The summed E-state index contributed by atoms with van der Waals surface area (Å²) in [7, 11) is 0. The van der Waals surface area contributed by atoms with E-state index >= 15 is 0 Å². The van der Waals surface area contributed by atoms with Gasteiger partial charge in [0.15, 0.2) is 0 Å². The van der Waals surface area contributed by atoms with Gasteiger partial charge in [0.25, 0.3) is 0 Å². The fraction of sp³-hybridized carbons (Fsp3) is 0.528. The topological polar surface area (TPSA) is 40.2 Å². The molecule has 241 valence electrons. The summed E-state index contributed by atoms with van der Waals surface area (Å²) in [6.07, 6.45) is 10.6. The predicted molar refractivity (Wildman–Crippen MR) is 175 cm³/mol. The van der Waals surface area contributed by atoms with E-state index in [1.807, 2.05) is 12.3 Å². The van der Waals surface area contributed by atoms with Crippen molar-refractivity contribution in [2.24, 2.45) is 0 Å². The Morgan fingerprint density at radius 3 is 1.35 bits per heavy atom. The summed E-state index contributed by atoms with van der Waals surface area (Å²) >= 11 is 0. The second-order valence-electron chi connectivity index (χ2n) is 10.9. The van der Waals surface area contributed by atoms with Crippen molar-refractivity contribution in [1.29, 1.82) is 0 Å². The molecule has 3 rings (SSSR count). The molecule has 1 radical (unpaired) electrons. The summed E-state index contributed by atoms with van der Waals surface area (Å²) in [4.78, 5) is 7.20. The Kier molecular flexibility index (Phi) is 21.8. The Hall–Kier alpha value is -1.76. The molecule has 7 heteroatoms. The number of pyridine rings is 1. The molecule has 2 N–H and O–H groups in total. The van der Waals surface area contributed by atoms with Gasteiger partial charge in [-0.05, 0) is 96.9 Å². The minimum absolute atomic E-state index is 0. The normalized spacial score (nSPS) is 10.5. The number of anilines is 2. The van der Waals surface area contributed by atoms with Crippen molar-refractivity contribution in [1.82, 2.24) is 9.88 Å². The van der Waals surface area contributed by atoms with E-state index in [0.29, 0.717) is 0 Å². The fourth-order valence-electron chi connectivity index (χ4n) is 5.68. The third-order valence-corrected chi connectivity index (χ3v) is 8.08. The van der Waals surface area contributed by atoms with Crippen LogP contribution in [0.1, 0.15) is 93.5 Å². The van der Waals surface area contributed by atoms with Gasteiger partial charge >= 0.3 is 16.8 Å². The average Bonchev–Trinajstić information content (AvgIpc) is 3.00. The molecule has 0 amide bonds. The van der Waals surface area contributed by atoms with Gasteiger partial charge in [-0.15, -0.1) is 0 Å². The summed E-state index contributed by atoms with van der Waals surface area (Å²) in [5, 5.41) is 7.65. The second-order valence-corrected chi connectivity index (χ2v) is 10.9. The first-order chi connectivity index (χ1) is 19.6. The summed E-state index contributed by atoms with van der Waals surface area (Å²) < 4.78 is 0. The Morgan fingerprint density at radius 2 is 1.02 bits per heavy atom. The molecular formula is C36H54Cl2CoN4. The van der Waals surface area contributed by atoms with E-state index in [9.17, 15) is 0 Å². The number of benzene rings is 2. The van der Waals surface area contributed by atoms with Gasteiger partial charge in [0.05, 0.1) is 5.69 Å². The van der Waals surface area contributed by atoms with Crippen LogP contribution in [0.5, 0.6) is 0 Å². The van der Waals surface area contributed by atoms with Crippen molar-refractivity contribution < 1.29 is 41.6 Å². The van der Waals surface area contributed by atoms with Gasteiger partial charge in [-0.25, -0.2) is 0 Å². The maximum Gasteiger partial charge on any atom is 2.00 e. The summed E-state index contributed by atoms with van der Waals surface area (Å²) in [5.74, 6) is 0. The summed E-state index contributed by atoms with van der Waals surface area (Å²) in [6.45, 7) is 18.6. The zero-order valence-corrected chi connectivity index (χ0v) is 29.8. The van der Waals surface area contributed by atoms with Crippen LogP contribution in [-0.4, -0.2) is 36.1 Å². The van der Waals surface area contributed by atoms with E-state index in [4.69, 9.17) is 0 Å². The third-order valence-electron chi connectivity index (χ3n) is 8.08. The Balaban J connectivity index is 0.00000588. The van der Waals surface area contributed by atoms with Crippen molar-refractivity contribution in [3.8, 4) is 0 Å². The second kappa shape index (κ2) is 22.7. The van der Waals surface area contributed by atoms with E-state index in [0.717, 1.165) is 89.8 Å². The molecule has 0 saturated heterocycles. The standard InChI is InChI=1S/C36H54N4.2ClH.Co/c1-7-28-23-30(9-3)35(31(10-4)24-28)38-19-15-21-40(27-34-17-13-14-18-37-34)22-16-20-39-36-32(11-5)25-29(8-2)26-33(36)12-6;;;/h13-14,17-18,23-26,38-39H,7-12,15-16,19-22,27H2,1-6H3;2*1H;/q;;;+2/p-2. The molecule has 2 aromatic carbocycles. The van der Waals surface area contributed by atoms with Gasteiger partial charge < -0.3 is 35.4 Å². The fourth-order valence-corrected chi connectivity index (χ4v) is 5.68. The number of hydrogen-bond acceptors (Lipinski definition) is 4. The van der Waals surface area contributed by atoms with Crippen LogP contribution < -0.4 is 35.4 Å². The Morgan fingerprint density at radius 1 is 0.605 bits per heavy atom. The number of nitrogens with zero attached hydrogens (tertiary/aromatic N) is 2. The van der Waals surface area contributed by atoms with E-state index in [1.165, 1.54) is 44.8 Å². The zero-order valence-electron chi connectivity index (χ0n) is 27.3. The summed E-state index contributed by atoms with van der Waals surface area (Å²) in [5.41, 5.74) is 12.6. The van der Waals surface area contributed by atoms with Crippen molar-refractivity contribution in [2.45, 2.75) is 99.5 Å². The maximum atomic E-state index is 4.62. The Labute approximate surface area is 285 Å². The van der Waals surface area contributed by atoms with Crippen LogP contribution in [0.3, 0.4) is 0 Å². The van der Waals surface area contributed by atoms with Crippen molar-refractivity contribution in [3.05, 3.63) is 87.7 Å². The predicted octanol–water partition coefficient (Wildman–Crippen LogP) is 2.27. The number of halogens is 2. The van der Waals surface area contributed by atoms with Gasteiger partial charge in [0.1, 0.15) is 0 Å². The van der Waals surface area contributed by atoms with Crippen LogP contribution in [0.25, 0.3) is 0 Å². The number of hydrogen-bond donors (Lipinski definition) is 2. The van der Waals surface area contributed by atoms with Crippen LogP contribution in [0.15, 0.2) is 48.7 Å². The van der Waals surface area contributed by atoms with Gasteiger partial charge in [0, 0.05) is 50.3 Å². The van der Waals surface area contributed by atoms with Crippen molar-refractivity contribution >= 4 is 11.4 Å². The Bertz CT molecular complexity index is 1050. The first-order valence-electron chi connectivity index (χ1n) is 16.0. The van der Waals surface area contributed by atoms with Crippen LogP contribution in [0.2, 0.25) is 0 Å². The van der Waals surface area contributed by atoms with Crippen LogP contribution >= 0.6 is 0 Å². The van der Waals surface area contributed by atoms with E-state index in [1.54, 1.807) is 0 Å². The van der Waals surface area contributed by atoms with Gasteiger partial charge in [0.2, 0.25) is 0 Å². The zero-order chi connectivity index (χ0) is 28.7. The molecular weight excluding hydrogens is 618 g/mol. The number of aromatic nitrogens is 1. The SMILES string of the molecule is CCc1cc(CC)c(NCCCN(CCCNc2c(CC)cc(CC)cc2CC)Cc2ccccn2)c(CC)c1.[Cl-].[Cl-].[Co+2]. The molecule has 0 aliphatic heterocycles. The monoisotopic (exact) mass is 671 g/mol. The van der Waals surface area contributed by atoms with Crippen LogP contribution in [0, 0.1) is 0 Å². The summed E-state index contributed by atoms with van der Waals surface area (Å²) in [6, 6.07) is 15.8. The molecule has 0 atom stereocenters. The van der Waals surface area contributed by atoms with Crippen LogP contribution in [0.4, 0.5) is 11.4 Å². The first kappa shape index (κ1) is 41.2. The molecule has 3 aromatic rings. The van der Waals surface area contributed by atoms with E-state index in [-0.39, 0.29) is 41.6 Å². The van der Waals surface area contributed by atoms with Crippen molar-refractivity contribution in [2.75, 3.05) is 36.8 Å². The molecule has 0 bridgehead atoms. The largest absolute Gasteiger partial charge is 2.00 e. The molecule has 0 spiro atoms. The molecule has 1 aromatic heterocycles. The molecule has 0 unspecified atom stereocenters. The molecule has 0 fully saturated rings. The minimum Gasteiger partial charge on any atom is -1.00 e. The van der Waals surface area contributed by atoms with Gasteiger partial charge in [-0.3, -0.25) is 9.88 Å². The first-order valence-corrected chi connectivity index (χ1v) is 16.0. The molecule has 1 heterocycles. The number of rotatable bonds is 18. The minimum atomic E-state index is 0. The quantitative estimate of drug-likeness (QED) is 0.204. The number of nitrogens with one attached hydrogen (secondary N) is 2. The average molecular weight is 673 g/mol.